The third-order valence-corrected chi connectivity index (χ3v) is 2.08. The Hall–Kier alpha value is -1.36. The van der Waals surface area contributed by atoms with Crippen LogP contribution in [0.5, 0.6) is 0 Å². The second kappa shape index (κ2) is 3.42. The molecule has 0 radical (unpaired) electrons. The Kier molecular flexibility index (Phi) is 2.25. The summed E-state index contributed by atoms with van der Waals surface area (Å²) in [4.78, 5) is 15.6. The van der Waals surface area contributed by atoms with Gasteiger partial charge in [-0.15, -0.1) is 0 Å². The van der Waals surface area contributed by atoms with Gasteiger partial charge in [0.15, 0.2) is 5.89 Å². The summed E-state index contributed by atoms with van der Waals surface area (Å²) in [6.07, 6.45) is 0. The zero-order chi connectivity index (χ0) is 10.1. The molecule has 0 atom stereocenters. The Labute approximate surface area is 81.5 Å². The van der Waals surface area contributed by atoms with E-state index in [1.807, 2.05) is 0 Å². The molecule has 2 heterocycles. The van der Waals surface area contributed by atoms with Gasteiger partial charge in [0.1, 0.15) is 0 Å². The maximum atomic E-state index is 11.6. The van der Waals surface area contributed by atoms with E-state index in [0.29, 0.717) is 30.6 Å². The van der Waals surface area contributed by atoms with Crippen molar-refractivity contribution in [2.45, 2.75) is 19.9 Å². The largest absolute Gasteiger partial charge is 0.436 e. The van der Waals surface area contributed by atoms with Gasteiger partial charge in [-0.2, -0.15) is 0 Å². The predicted molar refractivity (Wildman–Crippen MR) is 48.1 cm³/mol. The second-order valence-corrected chi connectivity index (χ2v) is 3.36. The van der Waals surface area contributed by atoms with Crippen molar-refractivity contribution >= 4 is 5.91 Å². The van der Waals surface area contributed by atoms with Crippen molar-refractivity contribution in [1.29, 1.82) is 0 Å². The zero-order valence-corrected chi connectivity index (χ0v) is 8.16. The highest BCUT2D eigenvalue weighted by Gasteiger charge is 2.24. The summed E-state index contributed by atoms with van der Waals surface area (Å²) in [5, 5.41) is 2.79. The fourth-order valence-corrected chi connectivity index (χ4v) is 1.31. The third-order valence-electron chi connectivity index (χ3n) is 2.08. The van der Waals surface area contributed by atoms with Crippen molar-refractivity contribution in [3.63, 3.8) is 0 Å². The molecule has 0 aliphatic carbocycles. The smallest absolute Gasteiger partial charge is 0.289 e. The van der Waals surface area contributed by atoms with Crippen molar-refractivity contribution in [2.75, 3.05) is 13.2 Å². The molecule has 0 aromatic carbocycles. The van der Waals surface area contributed by atoms with Crippen LogP contribution in [0, 0.1) is 13.8 Å². The molecular formula is C9H12N2O3. The number of carbonyl (C=O) groups excluding carboxylic acids is 1. The van der Waals surface area contributed by atoms with E-state index in [0.717, 1.165) is 0 Å². The summed E-state index contributed by atoms with van der Waals surface area (Å²) >= 11 is 0. The Morgan fingerprint density at radius 3 is 2.64 bits per heavy atom. The van der Waals surface area contributed by atoms with Crippen LogP contribution in [0.3, 0.4) is 0 Å². The minimum Gasteiger partial charge on any atom is -0.436 e. The van der Waals surface area contributed by atoms with Crippen LogP contribution < -0.4 is 5.32 Å². The van der Waals surface area contributed by atoms with E-state index in [1.165, 1.54) is 0 Å². The highest BCUT2D eigenvalue weighted by atomic mass is 16.5. The first-order valence-electron chi connectivity index (χ1n) is 4.49. The number of oxazole rings is 1. The number of aryl methyl sites for hydroxylation is 2. The van der Waals surface area contributed by atoms with E-state index in [2.05, 4.69) is 10.3 Å². The number of hydrogen-bond donors (Lipinski definition) is 1. The van der Waals surface area contributed by atoms with Gasteiger partial charge >= 0.3 is 0 Å². The molecule has 14 heavy (non-hydrogen) atoms. The highest BCUT2D eigenvalue weighted by molar-refractivity contribution is 5.92. The molecule has 1 aromatic rings. The van der Waals surface area contributed by atoms with E-state index >= 15 is 0 Å². The number of amides is 1. The number of nitrogens with zero attached hydrogens (tertiary/aromatic N) is 1. The average molecular weight is 196 g/mol. The molecule has 1 aliphatic heterocycles. The van der Waals surface area contributed by atoms with Crippen LogP contribution >= 0.6 is 0 Å². The standard InChI is InChI=1S/C9H12N2O3/c1-5-8(14-6(2)10-5)9(12)11-7-3-13-4-7/h7H,3-4H2,1-2H3,(H,11,12). The molecule has 0 unspecified atom stereocenters. The molecule has 76 valence electrons. The topological polar surface area (TPSA) is 64.4 Å². The lowest BCUT2D eigenvalue weighted by molar-refractivity contribution is -0.00393. The lowest BCUT2D eigenvalue weighted by atomic mass is 10.2. The first kappa shape index (κ1) is 9.21. The van der Waals surface area contributed by atoms with E-state index in [9.17, 15) is 4.79 Å². The van der Waals surface area contributed by atoms with Crippen molar-refractivity contribution in [3.8, 4) is 0 Å². The van der Waals surface area contributed by atoms with Crippen LogP contribution in [0.15, 0.2) is 4.42 Å². The molecule has 1 amide bonds. The molecule has 1 aromatic heterocycles. The fraction of sp³-hybridized carbons (Fsp3) is 0.556. The SMILES string of the molecule is Cc1nc(C)c(C(=O)NC2COC2)o1. The Bertz CT molecular complexity index is 355. The Morgan fingerprint density at radius 2 is 2.21 bits per heavy atom. The molecule has 0 saturated carbocycles. The van der Waals surface area contributed by atoms with Crippen LogP contribution in [-0.2, 0) is 4.74 Å². The third kappa shape index (κ3) is 1.63. The Balaban J connectivity index is 2.06. The van der Waals surface area contributed by atoms with E-state index < -0.39 is 0 Å². The molecule has 0 bridgehead atoms. The van der Waals surface area contributed by atoms with Crippen LogP contribution in [0.4, 0.5) is 0 Å². The molecular weight excluding hydrogens is 184 g/mol. The quantitative estimate of drug-likeness (QED) is 0.744. The molecule has 1 fully saturated rings. The summed E-state index contributed by atoms with van der Waals surface area (Å²) in [5.74, 6) is 0.600. The van der Waals surface area contributed by atoms with Gasteiger partial charge in [-0.3, -0.25) is 4.79 Å². The van der Waals surface area contributed by atoms with Crippen molar-refractivity contribution in [3.05, 3.63) is 17.3 Å². The van der Waals surface area contributed by atoms with Crippen LogP contribution in [-0.4, -0.2) is 30.1 Å². The summed E-state index contributed by atoms with van der Waals surface area (Å²) < 4.78 is 10.1. The van der Waals surface area contributed by atoms with E-state index in [-0.39, 0.29) is 11.9 Å². The van der Waals surface area contributed by atoms with Crippen LogP contribution in [0.25, 0.3) is 0 Å². The van der Waals surface area contributed by atoms with E-state index in [1.54, 1.807) is 13.8 Å². The number of aromatic nitrogens is 1. The maximum absolute atomic E-state index is 11.6. The molecule has 1 N–H and O–H groups in total. The van der Waals surface area contributed by atoms with Gasteiger partial charge < -0.3 is 14.5 Å². The molecule has 5 nitrogen and oxygen atoms in total. The van der Waals surface area contributed by atoms with Gasteiger partial charge in [0.05, 0.1) is 24.9 Å². The number of ether oxygens (including phenoxy) is 1. The molecule has 2 rings (SSSR count). The minimum absolute atomic E-state index is 0.118. The molecule has 5 heteroatoms. The minimum atomic E-state index is -0.212. The van der Waals surface area contributed by atoms with Gasteiger partial charge in [-0.05, 0) is 6.92 Å². The lowest BCUT2D eigenvalue weighted by Gasteiger charge is -2.26. The van der Waals surface area contributed by atoms with Crippen LogP contribution in [0.2, 0.25) is 0 Å². The van der Waals surface area contributed by atoms with Gasteiger partial charge in [-0.1, -0.05) is 0 Å². The summed E-state index contributed by atoms with van der Waals surface area (Å²) in [5.41, 5.74) is 0.625. The van der Waals surface area contributed by atoms with Crippen LogP contribution in [0.1, 0.15) is 22.1 Å². The first-order valence-corrected chi connectivity index (χ1v) is 4.49. The number of nitrogens with one attached hydrogen (secondary N) is 1. The summed E-state index contributed by atoms with van der Waals surface area (Å²) in [7, 11) is 0. The molecule has 1 aliphatic rings. The summed E-state index contributed by atoms with van der Waals surface area (Å²) in [6, 6.07) is 0.118. The van der Waals surface area contributed by atoms with Crippen molar-refractivity contribution in [2.24, 2.45) is 0 Å². The highest BCUT2D eigenvalue weighted by Crippen LogP contribution is 2.10. The molecule has 1 saturated heterocycles. The monoisotopic (exact) mass is 196 g/mol. The van der Waals surface area contributed by atoms with Crippen molar-refractivity contribution in [1.82, 2.24) is 10.3 Å². The zero-order valence-electron chi connectivity index (χ0n) is 8.16. The maximum Gasteiger partial charge on any atom is 0.289 e. The predicted octanol–water partition coefficient (Wildman–Crippen LogP) is 0.420. The van der Waals surface area contributed by atoms with Gasteiger partial charge in [0, 0.05) is 6.92 Å². The average Bonchev–Trinajstić information content (AvgIpc) is 2.37. The second-order valence-electron chi connectivity index (χ2n) is 3.36. The Morgan fingerprint density at radius 1 is 1.50 bits per heavy atom. The number of rotatable bonds is 2. The number of hydrogen-bond acceptors (Lipinski definition) is 4. The normalized spacial score (nSPS) is 16.4. The molecule has 0 spiro atoms. The van der Waals surface area contributed by atoms with Gasteiger partial charge in [0.25, 0.3) is 5.91 Å². The van der Waals surface area contributed by atoms with Gasteiger partial charge in [0.2, 0.25) is 5.76 Å². The van der Waals surface area contributed by atoms with Crippen molar-refractivity contribution < 1.29 is 13.9 Å². The fourth-order valence-electron chi connectivity index (χ4n) is 1.31. The lowest BCUT2D eigenvalue weighted by Crippen LogP contribution is -2.48. The van der Waals surface area contributed by atoms with E-state index in [4.69, 9.17) is 9.15 Å². The summed E-state index contributed by atoms with van der Waals surface area (Å²) in [6.45, 7) is 4.63. The van der Waals surface area contributed by atoms with Gasteiger partial charge in [-0.25, -0.2) is 4.98 Å². The first-order chi connectivity index (χ1) is 6.66. The number of carbonyl (C=O) groups is 1.